The maximum absolute atomic E-state index is 12.9. The van der Waals surface area contributed by atoms with Crippen molar-refractivity contribution in [2.24, 2.45) is 5.73 Å². The van der Waals surface area contributed by atoms with Crippen LogP contribution >= 0.6 is 0 Å². The lowest BCUT2D eigenvalue weighted by molar-refractivity contribution is 0.578. The summed E-state index contributed by atoms with van der Waals surface area (Å²) in [6.07, 6.45) is 0. The molecule has 0 aliphatic heterocycles. The van der Waals surface area contributed by atoms with E-state index < -0.39 is 11.9 Å². The van der Waals surface area contributed by atoms with E-state index in [0.29, 0.717) is 0 Å². The molecule has 1 unspecified atom stereocenters. The molecule has 0 radical (unpaired) electrons. The molecule has 3 nitrogen and oxygen atoms in total. The number of pyridine rings is 1. The number of hydrogen-bond acceptors (Lipinski definition) is 3. The van der Waals surface area contributed by atoms with E-state index in [9.17, 15) is 4.39 Å². The molecule has 0 aromatic carbocycles. The van der Waals surface area contributed by atoms with Gasteiger partial charge in [-0.15, -0.1) is 0 Å². The summed E-state index contributed by atoms with van der Waals surface area (Å²) < 4.78 is 12.9. The zero-order valence-electron chi connectivity index (χ0n) is 6.58. The molecule has 0 aliphatic carbocycles. The van der Waals surface area contributed by atoms with Crippen molar-refractivity contribution in [2.75, 3.05) is 0 Å². The van der Waals surface area contributed by atoms with Crippen molar-refractivity contribution in [1.29, 1.82) is 5.26 Å². The summed E-state index contributed by atoms with van der Waals surface area (Å²) in [6.45, 7) is 1.62. The first kappa shape index (κ1) is 8.62. The zero-order chi connectivity index (χ0) is 9.14. The topological polar surface area (TPSA) is 62.7 Å². The average molecular weight is 165 g/mol. The summed E-state index contributed by atoms with van der Waals surface area (Å²) in [7, 11) is 0. The van der Waals surface area contributed by atoms with Crippen LogP contribution in [-0.4, -0.2) is 4.98 Å². The minimum absolute atomic E-state index is 0.133. The van der Waals surface area contributed by atoms with E-state index in [2.05, 4.69) is 4.98 Å². The highest BCUT2D eigenvalue weighted by molar-refractivity contribution is 5.24. The smallest absolute Gasteiger partial charge is 0.146 e. The van der Waals surface area contributed by atoms with Gasteiger partial charge in [-0.05, 0) is 19.1 Å². The molecular weight excluding hydrogens is 157 g/mol. The maximum atomic E-state index is 12.9. The fourth-order valence-electron chi connectivity index (χ4n) is 0.840. The molecule has 1 heterocycles. The standard InChI is InChI=1S/C8H8FN3/c1-5(11)8-7(9)3-2-6(4-10)12-8/h2-3,5H,11H2,1H3. The van der Waals surface area contributed by atoms with Crippen molar-refractivity contribution in [2.45, 2.75) is 13.0 Å². The molecule has 0 fully saturated rings. The Balaban J connectivity index is 3.19. The van der Waals surface area contributed by atoms with Gasteiger partial charge in [-0.3, -0.25) is 0 Å². The van der Waals surface area contributed by atoms with Crippen LogP contribution in [0.25, 0.3) is 0 Å². The average Bonchev–Trinajstić information content (AvgIpc) is 2.05. The third kappa shape index (κ3) is 1.57. The minimum atomic E-state index is -0.488. The predicted molar refractivity (Wildman–Crippen MR) is 41.5 cm³/mol. The monoisotopic (exact) mass is 165 g/mol. The molecule has 0 amide bonds. The number of hydrogen-bond donors (Lipinski definition) is 1. The highest BCUT2D eigenvalue weighted by Crippen LogP contribution is 2.11. The molecule has 0 saturated heterocycles. The van der Waals surface area contributed by atoms with Gasteiger partial charge in [0.15, 0.2) is 0 Å². The fourth-order valence-corrected chi connectivity index (χ4v) is 0.840. The lowest BCUT2D eigenvalue weighted by Crippen LogP contribution is -2.10. The van der Waals surface area contributed by atoms with Gasteiger partial charge in [0, 0.05) is 6.04 Å². The number of rotatable bonds is 1. The van der Waals surface area contributed by atoms with Crippen LogP contribution in [0.4, 0.5) is 4.39 Å². The van der Waals surface area contributed by atoms with Crippen molar-refractivity contribution in [3.05, 3.63) is 29.3 Å². The van der Waals surface area contributed by atoms with E-state index in [1.807, 2.05) is 6.07 Å². The van der Waals surface area contributed by atoms with E-state index in [1.54, 1.807) is 6.92 Å². The molecule has 0 aliphatic rings. The molecule has 1 atom stereocenters. The second-order valence-corrected chi connectivity index (χ2v) is 2.46. The maximum Gasteiger partial charge on any atom is 0.146 e. The quantitative estimate of drug-likeness (QED) is 0.678. The molecule has 62 valence electrons. The zero-order valence-corrected chi connectivity index (χ0v) is 6.58. The highest BCUT2D eigenvalue weighted by atomic mass is 19.1. The Bertz CT molecular complexity index is 328. The Hall–Kier alpha value is -1.47. The van der Waals surface area contributed by atoms with Gasteiger partial charge in [0.1, 0.15) is 17.6 Å². The molecule has 0 saturated carbocycles. The van der Waals surface area contributed by atoms with Crippen LogP contribution in [0, 0.1) is 17.1 Å². The van der Waals surface area contributed by atoms with Crippen LogP contribution in [0.5, 0.6) is 0 Å². The second-order valence-electron chi connectivity index (χ2n) is 2.46. The lowest BCUT2D eigenvalue weighted by Gasteiger charge is -2.04. The number of nitrogens with zero attached hydrogens (tertiary/aromatic N) is 2. The van der Waals surface area contributed by atoms with Crippen molar-refractivity contribution >= 4 is 0 Å². The summed E-state index contributed by atoms with van der Waals surface area (Å²) >= 11 is 0. The minimum Gasteiger partial charge on any atom is -0.323 e. The summed E-state index contributed by atoms with van der Waals surface area (Å²) in [5, 5.41) is 8.46. The van der Waals surface area contributed by atoms with E-state index in [0.717, 1.165) is 0 Å². The Morgan fingerprint density at radius 1 is 1.67 bits per heavy atom. The third-order valence-corrected chi connectivity index (χ3v) is 1.42. The largest absolute Gasteiger partial charge is 0.323 e. The van der Waals surface area contributed by atoms with E-state index >= 15 is 0 Å². The van der Waals surface area contributed by atoms with Crippen molar-refractivity contribution in [3.8, 4) is 6.07 Å². The first-order valence-corrected chi connectivity index (χ1v) is 3.47. The van der Waals surface area contributed by atoms with Crippen LogP contribution in [0.1, 0.15) is 24.4 Å². The van der Waals surface area contributed by atoms with Gasteiger partial charge in [-0.2, -0.15) is 5.26 Å². The third-order valence-electron chi connectivity index (χ3n) is 1.42. The molecule has 1 rings (SSSR count). The highest BCUT2D eigenvalue weighted by Gasteiger charge is 2.08. The molecular formula is C8H8FN3. The van der Waals surface area contributed by atoms with Crippen LogP contribution in [0.2, 0.25) is 0 Å². The lowest BCUT2D eigenvalue weighted by atomic mass is 10.2. The molecule has 12 heavy (non-hydrogen) atoms. The number of nitrogens with two attached hydrogens (primary N) is 1. The predicted octanol–water partition coefficient (Wildman–Crippen LogP) is 1.11. The fraction of sp³-hybridized carbons (Fsp3) is 0.250. The van der Waals surface area contributed by atoms with Gasteiger partial charge in [-0.1, -0.05) is 0 Å². The summed E-state index contributed by atoms with van der Waals surface area (Å²) in [6, 6.07) is 3.85. The molecule has 1 aromatic rings. The van der Waals surface area contributed by atoms with Gasteiger partial charge in [0.05, 0.1) is 5.69 Å². The van der Waals surface area contributed by atoms with Crippen molar-refractivity contribution < 1.29 is 4.39 Å². The normalized spacial score (nSPS) is 12.2. The molecule has 0 bridgehead atoms. The number of halogens is 1. The summed E-state index contributed by atoms with van der Waals surface area (Å²) in [4.78, 5) is 3.73. The van der Waals surface area contributed by atoms with Crippen molar-refractivity contribution in [3.63, 3.8) is 0 Å². The second kappa shape index (κ2) is 3.28. The SMILES string of the molecule is CC(N)c1nc(C#N)ccc1F. The molecule has 2 N–H and O–H groups in total. The summed E-state index contributed by atoms with van der Waals surface area (Å²) in [5.41, 5.74) is 5.74. The van der Waals surface area contributed by atoms with Crippen molar-refractivity contribution in [1.82, 2.24) is 4.98 Å². The molecule has 4 heteroatoms. The Morgan fingerprint density at radius 3 is 2.83 bits per heavy atom. The first-order valence-electron chi connectivity index (χ1n) is 3.47. The van der Waals surface area contributed by atoms with Gasteiger partial charge in [0.25, 0.3) is 0 Å². The van der Waals surface area contributed by atoms with Crippen LogP contribution in [0.3, 0.4) is 0 Å². The van der Waals surface area contributed by atoms with E-state index in [-0.39, 0.29) is 11.4 Å². The number of aromatic nitrogens is 1. The van der Waals surface area contributed by atoms with Crippen LogP contribution in [0.15, 0.2) is 12.1 Å². The van der Waals surface area contributed by atoms with Gasteiger partial charge in [0.2, 0.25) is 0 Å². The van der Waals surface area contributed by atoms with Crippen LogP contribution in [-0.2, 0) is 0 Å². The Kier molecular flexibility index (Phi) is 2.36. The first-order chi connectivity index (χ1) is 5.65. The van der Waals surface area contributed by atoms with Gasteiger partial charge in [-0.25, -0.2) is 9.37 Å². The van der Waals surface area contributed by atoms with E-state index in [4.69, 9.17) is 11.0 Å². The van der Waals surface area contributed by atoms with Gasteiger partial charge >= 0.3 is 0 Å². The van der Waals surface area contributed by atoms with Crippen LogP contribution < -0.4 is 5.73 Å². The molecule has 0 spiro atoms. The summed E-state index contributed by atoms with van der Waals surface area (Å²) in [5.74, 6) is -0.469. The van der Waals surface area contributed by atoms with E-state index in [1.165, 1.54) is 12.1 Å². The Morgan fingerprint density at radius 2 is 2.33 bits per heavy atom. The Labute approximate surface area is 69.6 Å². The number of nitriles is 1. The van der Waals surface area contributed by atoms with Gasteiger partial charge < -0.3 is 5.73 Å². The molecule has 1 aromatic heterocycles.